The normalized spacial score (nSPS) is 13.5. The minimum atomic E-state index is -0.458. The van der Waals surface area contributed by atoms with Crippen molar-refractivity contribution in [3.63, 3.8) is 0 Å². The second kappa shape index (κ2) is 8.96. The lowest BCUT2D eigenvalue weighted by Crippen LogP contribution is -2.20. The van der Waals surface area contributed by atoms with Crippen molar-refractivity contribution in [2.45, 2.75) is 19.8 Å². The zero-order valence-corrected chi connectivity index (χ0v) is 15.9. The van der Waals surface area contributed by atoms with Crippen LogP contribution in [-0.2, 0) is 4.79 Å². The number of nitrogens with zero attached hydrogens (tertiary/aromatic N) is 3. The molecule has 2 amide bonds. The number of nitro benzene ring substituents is 1. The van der Waals surface area contributed by atoms with Crippen LogP contribution in [0, 0.1) is 10.1 Å². The van der Waals surface area contributed by atoms with E-state index in [4.69, 9.17) is 0 Å². The van der Waals surface area contributed by atoms with Crippen molar-refractivity contribution in [1.82, 2.24) is 5.43 Å². The summed E-state index contributed by atoms with van der Waals surface area (Å²) >= 11 is 0. The monoisotopic (exact) mass is 395 g/mol. The molecule has 0 atom stereocenters. The Morgan fingerprint density at radius 3 is 2.45 bits per heavy atom. The smallest absolute Gasteiger partial charge is 0.271 e. The van der Waals surface area contributed by atoms with Gasteiger partial charge in [-0.25, -0.2) is 5.43 Å². The number of amides is 2. The highest BCUT2D eigenvalue weighted by Gasteiger charge is 2.18. The molecule has 29 heavy (non-hydrogen) atoms. The number of benzene rings is 2. The summed E-state index contributed by atoms with van der Waals surface area (Å²) < 4.78 is 0. The number of carbonyl (C=O) groups is 2. The van der Waals surface area contributed by atoms with Crippen molar-refractivity contribution in [1.29, 1.82) is 0 Å². The van der Waals surface area contributed by atoms with E-state index in [1.54, 1.807) is 30.3 Å². The first kappa shape index (κ1) is 20.0. The third-order valence-corrected chi connectivity index (χ3v) is 4.51. The number of non-ortho nitro benzene ring substituents is 1. The first-order valence-electron chi connectivity index (χ1n) is 9.18. The van der Waals surface area contributed by atoms with Gasteiger partial charge >= 0.3 is 0 Å². The molecule has 2 aromatic carbocycles. The molecular formula is C20H21N5O4. The van der Waals surface area contributed by atoms with E-state index in [1.165, 1.54) is 25.3 Å². The van der Waals surface area contributed by atoms with Gasteiger partial charge in [-0.2, -0.15) is 5.10 Å². The van der Waals surface area contributed by atoms with Crippen LogP contribution in [0.15, 0.2) is 47.6 Å². The number of rotatable bonds is 6. The molecule has 0 saturated carbocycles. The molecular weight excluding hydrogens is 374 g/mol. The van der Waals surface area contributed by atoms with Crippen LogP contribution in [0.3, 0.4) is 0 Å². The summed E-state index contributed by atoms with van der Waals surface area (Å²) in [5.74, 6) is -0.624. The Hall–Kier alpha value is -3.75. The summed E-state index contributed by atoms with van der Waals surface area (Å²) in [6.07, 6.45) is 3.56. The van der Waals surface area contributed by atoms with Crippen molar-refractivity contribution in [3.05, 3.63) is 63.7 Å². The van der Waals surface area contributed by atoms with E-state index in [9.17, 15) is 19.7 Å². The van der Waals surface area contributed by atoms with Gasteiger partial charge in [0.05, 0.1) is 11.1 Å². The van der Waals surface area contributed by atoms with E-state index in [1.807, 2.05) is 0 Å². The number of hydrogen-bond donors (Lipinski definition) is 2. The molecule has 0 aliphatic carbocycles. The molecule has 1 aliphatic heterocycles. The molecule has 0 aromatic heterocycles. The van der Waals surface area contributed by atoms with Crippen molar-refractivity contribution in [3.8, 4) is 0 Å². The van der Waals surface area contributed by atoms with E-state index in [0.717, 1.165) is 31.6 Å². The van der Waals surface area contributed by atoms with E-state index < -0.39 is 10.8 Å². The Labute approximate surface area is 167 Å². The van der Waals surface area contributed by atoms with Gasteiger partial charge in [0, 0.05) is 54.6 Å². The summed E-state index contributed by atoms with van der Waals surface area (Å²) in [4.78, 5) is 36.1. The van der Waals surface area contributed by atoms with E-state index in [0.29, 0.717) is 16.8 Å². The van der Waals surface area contributed by atoms with Crippen LogP contribution in [-0.4, -0.2) is 36.0 Å². The summed E-state index contributed by atoms with van der Waals surface area (Å²) in [6, 6.07) is 11.0. The number of anilines is 2. The SMILES string of the molecule is CC(=O)Nc1ccc(C(=O)NN=Cc2cc([N+](=O)[O-])ccc2N2CCCC2)cc1. The maximum Gasteiger partial charge on any atom is 0.271 e. The summed E-state index contributed by atoms with van der Waals surface area (Å²) in [6.45, 7) is 3.16. The first-order chi connectivity index (χ1) is 13.9. The Kier molecular flexibility index (Phi) is 6.18. The number of nitro groups is 1. The molecule has 0 spiro atoms. The summed E-state index contributed by atoms with van der Waals surface area (Å²) in [7, 11) is 0. The quantitative estimate of drug-likeness (QED) is 0.443. The summed E-state index contributed by atoms with van der Waals surface area (Å²) in [5.41, 5.74) is 4.78. The van der Waals surface area contributed by atoms with Crippen LogP contribution in [0.4, 0.5) is 17.1 Å². The molecule has 2 N–H and O–H groups in total. The second-order valence-corrected chi connectivity index (χ2v) is 6.65. The van der Waals surface area contributed by atoms with Crippen molar-refractivity contribution in [2.24, 2.45) is 5.10 Å². The van der Waals surface area contributed by atoms with Crippen LogP contribution in [0.25, 0.3) is 0 Å². The minimum Gasteiger partial charge on any atom is -0.371 e. The molecule has 1 heterocycles. The average molecular weight is 395 g/mol. The average Bonchev–Trinajstić information content (AvgIpc) is 3.22. The second-order valence-electron chi connectivity index (χ2n) is 6.65. The third kappa shape index (κ3) is 5.16. The van der Waals surface area contributed by atoms with Gasteiger partial charge in [-0.3, -0.25) is 19.7 Å². The van der Waals surface area contributed by atoms with Crippen LogP contribution < -0.4 is 15.6 Å². The Morgan fingerprint density at radius 2 is 1.83 bits per heavy atom. The van der Waals surface area contributed by atoms with Crippen molar-refractivity contribution in [2.75, 3.05) is 23.3 Å². The molecule has 1 aliphatic rings. The highest BCUT2D eigenvalue weighted by atomic mass is 16.6. The van der Waals surface area contributed by atoms with Gasteiger partial charge in [-0.15, -0.1) is 0 Å². The van der Waals surface area contributed by atoms with Gasteiger partial charge in [0.1, 0.15) is 0 Å². The zero-order chi connectivity index (χ0) is 20.8. The van der Waals surface area contributed by atoms with E-state index >= 15 is 0 Å². The minimum absolute atomic E-state index is 0.0331. The molecule has 9 heteroatoms. The van der Waals surface area contributed by atoms with Crippen molar-refractivity contribution < 1.29 is 14.5 Å². The van der Waals surface area contributed by atoms with Gasteiger partial charge in [-0.05, 0) is 43.2 Å². The highest BCUT2D eigenvalue weighted by Crippen LogP contribution is 2.27. The fraction of sp³-hybridized carbons (Fsp3) is 0.250. The molecule has 3 rings (SSSR count). The largest absolute Gasteiger partial charge is 0.371 e. The van der Waals surface area contributed by atoms with E-state index in [-0.39, 0.29) is 11.6 Å². The topological polar surface area (TPSA) is 117 Å². The lowest BCUT2D eigenvalue weighted by Gasteiger charge is -2.19. The molecule has 150 valence electrons. The molecule has 2 aromatic rings. The fourth-order valence-corrected chi connectivity index (χ4v) is 3.14. The van der Waals surface area contributed by atoms with Gasteiger partial charge in [-0.1, -0.05) is 0 Å². The number of nitrogens with one attached hydrogen (secondary N) is 2. The van der Waals surface area contributed by atoms with Gasteiger partial charge in [0.2, 0.25) is 5.91 Å². The summed E-state index contributed by atoms with van der Waals surface area (Å²) in [5, 5.41) is 17.7. The zero-order valence-electron chi connectivity index (χ0n) is 15.9. The Balaban J connectivity index is 1.73. The maximum atomic E-state index is 12.3. The molecule has 9 nitrogen and oxygen atoms in total. The Bertz CT molecular complexity index is 950. The third-order valence-electron chi connectivity index (χ3n) is 4.51. The predicted molar refractivity (Wildman–Crippen MR) is 110 cm³/mol. The Morgan fingerprint density at radius 1 is 1.14 bits per heavy atom. The van der Waals surface area contributed by atoms with E-state index in [2.05, 4.69) is 20.7 Å². The molecule has 0 bridgehead atoms. The van der Waals surface area contributed by atoms with Gasteiger partial charge < -0.3 is 10.2 Å². The predicted octanol–water partition coefficient (Wildman–Crippen LogP) is 2.92. The van der Waals surface area contributed by atoms with Crippen LogP contribution in [0.1, 0.15) is 35.7 Å². The molecule has 1 fully saturated rings. The molecule has 0 radical (unpaired) electrons. The van der Waals surface area contributed by atoms with Crippen LogP contribution >= 0.6 is 0 Å². The lowest BCUT2D eigenvalue weighted by atomic mass is 10.1. The standard InChI is InChI=1S/C20H21N5O4/c1-14(26)22-17-6-4-15(5-7-17)20(27)23-21-13-16-12-18(25(28)29)8-9-19(16)24-10-2-3-11-24/h4-9,12-13H,2-3,10-11H2,1H3,(H,22,26)(H,23,27). The number of hydrogen-bond acceptors (Lipinski definition) is 6. The number of carbonyl (C=O) groups excluding carboxylic acids is 2. The maximum absolute atomic E-state index is 12.3. The van der Waals surface area contributed by atoms with Crippen molar-refractivity contribution >= 4 is 35.1 Å². The highest BCUT2D eigenvalue weighted by molar-refractivity contribution is 5.96. The first-order valence-corrected chi connectivity index (χ1v) is 9.18. The molecule has 0 unspecified atom stereocenters. The lowest BCUT2D eigenvalue weighted by molar-refractivity contribution is -0.384. The van der Waals surface area contributed by atoms with Gasteiger partial charge in [0.15, 0.2) is 0 Å². The molecule has 1 saturated heterocycles. The van der Waals surface area contributed by atoms with Crippen LogP contribution in [0.5, 0.6) is 0 Å². The van der Waals surface area contributed by atoms with Gasteiger partial charge in [0.25, 0.3) is 11.6 Å². The fourth-order valence-electron chi connectivity index (χ4n) is 3.14. The van der Waals surface area contributed by atoms with Crippen LogP contribution in [0.2, 0.25) is 0 Å². The number of hydrazone groups is 1.